The van der Waals surface area contributed by atoms with E-state index in [-0.39, 0.29) is 5.41 Å². The number of nitrogens with zero attached hydrogens (tertiary/aromatic N) is 1. The molecule has 10 aromatic carbocycles. The van der Waals surface area contributed by atoms with Gasteiger partial charge in [0.25, 0.3) is 0 Å². The van der Waals surface area contributed by atoms with Crippen molar-refractivity contribution in [3.05, 3.63) is 248 Å². The monoisotopic (exact) mass is 831 g/mol. The Morgan fingerprint density at radius 1 is 0.308 bits per heavy atom. The molecule has 0 fully saturated rings. The van der Waals surface area contributed by atoms with Crippen molar-refractivity contribution in [2.75, 3.05) is 4.90 Å². The van der Waals surface area contributed by atoms with E-state index in [0.29, 0.717) is 0 Å². The molecule has 1 aromatic heterocycles. The second kappa shape index (κ2) is 15.6. The molecule has 0 radical (unpaired) electrons. The van der Waals surface area contributed by atoms with Crippen molar-refractivity contribution in [1.82, 2.24) is 0 Å². The normalized spacial score (nSPS) is 12.6. The predicted molar refractivity (Wildman–Crippen MR) is 273 cm³/mol. The van der Waals surface area contributed by atoms with Gasteiger partial charge < -0.3 is 9.32 Å². The molecule has 0 atom stereocenters. The molecule has 11 aromatic rings. The maximum Gasteiger partial charge on any atom is 0.135 e. The summed E-state index contributed by atoms with van der Waals surface area (Å²) in [7, 11) is 0. The summed E-state index contributed by atoms with van der Waals surface area (Å²) >= 11 is 0. The van der Waals surface area contributed by atoms with Crippen LogP contribution >= 0.6 is 0 Å². The molecule has 1 aliphatic carbocycles. The molecule has 0 saturated heterocycles. The van der Waals surface area contributed by atoms with E-state index < -0.39 is 0 Å². The van der Waals surface area contributed by atoms with Crippen molar-refractivity contribution in [3.63, 3.8) is 0 Å². The summed E-state index contributed by atoms with van der Waals surface area (Å²) < 4.78 is 6.16. The molecule has 2 heteroatoms. The van der Waals surface area contributed by atoms with Gasteiger partial charge in [-0.2, -0.15) is 0 Å². The van der Waals surface area contributed by atoms with Crippen LogP contribution in [0.25, 0.3) is 88.7 Å². The summed E-state index contributed by atoms with van der Waals surface area (Å²) in [6.07, 6.45) is 0. The van der Waals surface area contributed by atoms with E-state index in [4.69, 9.17) is 4.42 Å². The highest BCUT2D eigenvalue weighted by Gasteiger charge is 2.38. The van der Waals surface area contributed by atoms with Crippen LogP contribution < -0.4 is 4.90 Å². The Morgan fingerprint density at radius 2 is 0.800 bits per heavy atom. The van der Waals surface area contributed by atoms with Gasteiger partial charge >= 0.3 is 0 Å². The summed E-state index contributed by atoms with van der Waals surface area (Å²) in [5.74, 6) is 0. The number of benzene rings is 10. The van der Waals surface area contributed by atoms with Gasteiger partial charge in [-0.15, -0.1) is 0 Å². The molecule has 1 heterocycles. The molecule has 0 N–H and O–H groups in total. The second-order valence-electron chi connectivity index (χ2n) is 17.7. The van der Waals surface area contributed by atoms with Gasteiger partial charge in [-0.1, -0.05) is 178 Å². The van der Waals surface area contributed by atoms with Gasteiger partial charge in [0.05, 0.1) is 0 Å². The van der Waals surface area contributed by atoms with E-state index in [9.17, 15) is 0 Å². The minimum absolute atomic E-state index is 0.176. The van der Waals surface area contributed by atoms with Crippen LogP contribution in [-0.2, 0) is 5.41 Å². The zero-order valence-corrected chi connectivity index (χ0v) is 36.4. The molecule has 0 bridgehead atoms. The fourth-order valence-corrected chi connectivity index (χ4v) is 10.1. The summed E-state index contributed by atoms with van der Waals surface area (Å²) in [6, 6.07) is 85.9. The van der Waals surface area contributed by atoms with E-state index in [2.05, 4.69) is 243 Å². The lowest BCUT2D eigenvalue weighted by molar-refractivity contribution is 0.661. The molecular formula is C63H45NO. The van der Waals surface area contributed by atoms with Crippen LogP contribution in [0.15, 0.2) is 241 Å². The van der Waals surface area contributed by atoms with Gasteiger partial charge in [-0.05, 0) is 151 Å². The third-order valence-electron chi connectivity index (χ3n) is 13.5. The van der Waals surface area contributed by atoms with E-state index in [1.165, 1.54) is 66.8 Å². The average molecular weight is 832 g/mol. The van der Waals surface area contributed by atoms with Crippen LogP contribution in [0.1, 0.15) is 25.0 Å². The van der Waals surface area contributed by atoms with E-state index >= 15 is 0 Å². The van der Waals surface area contributed by atoms with Crippen molar-refractivity contribution in [2.24, 2.45) is 0 Å². The highest BCUT2D eigenvalue weighted by molar-refractivity contribution is 6.06. The lowest BCUT2D eigenvalue weighted by Crippen LogP contribution is -2.15. The Hall–Kier alpha value is -8.20. The highest BCUT2D eigenvalue weighted by Crippen LogP contribution is 2.54. The molecule has 0 amide bonds. The summed E-state index contributed by atoms with van der Waals surface area (Å²) in [6.45, 7) is 4.76. The van der Waals surface area contributed by atoms with Crippen molar-refractivity contribution in [3.8, 4) is 66.8 Å². The maximum atomic E-state index is 6.16. The topological polar surface area (TPSA) is 16.4 Å². The number of hydrogen-bond donors (Lipinski definition) is 0. The minimum Gasteiger partial charge on any atom is -0.456 e. The molecular weight excluding hydrogens is 787 g/mol. The van der Waals surface area contributed by atoms with Crippen molar-refractivity contribution < 1.29 is 4.42 Å². The lowest BCUT2D eigenvalue weighted by atomic mass is 9.80. The lowest BCUT2D eigenvalue weighted by Gasteiger charge is -2.27. The molecule has 1 aliphatic rings. The summed E-state index contributed by atoms with van der Waals surface area (Å²) in [5.41, 5.74) is 22.2. The fourth-order valence-electron chi connectivity index (χ4n) is 10.1. The minimum atomic E-state index is -0.176. The van der Waals surface area contributed by atoms with Gasteiger partial charge in [0.15, 0.2) is 0 Å². The highest BCUT2D eigenvalue weighted by atomic mass is 16.3. The Morgan fingerprint density at radius 3 is 1.49 bits per heavy atom. The predicted octanol–water partition coefficient (Wildman–Crippen LogP) is 17.7. The van der Waals surface area contributed by atoms with Crippen LogP contribution in [-0.4, -0.2) is 0 Å². The number of furan rings is 1. The Balaban J connectivity index is 0.971. The largest absolute Gasteiger partial charge is 0.456 e. The summed E-state index contributed by atoms with van der Waals surface area (Å²) in [4.78, 5) is 2.39. The zero-order valence-electron chi connectivity index (χ0n) is 36.4. The van der Waals surface area contributed by atoms with Gasteiger partial charge in [0.1, 0.15) is 11.2 Å². The molecule has 65 heavy (non-hydrogen) atoms. The van der Waals surface area contributed by atoms with Crippen molar-refractivity contribution in [1.29, 1.82) is 0 Å². The number of hydrogen-bond acceptors (Lipinski definition) is 2. The van der Waals surface area contributed by atoms with Crippen molar-refractivity contribution in [2.45, 2.75) is 19.3 Å². The Bertz CT molecular complexity index is 3550. The first-order valence-corrected chi connectivity index (χ1v) is 22.5. The average Bonchev–Trinajstić information content (AvgIpc) is 3.85. The van der Waals surface area contributed by atoms with E-state index in [0.717, 1.165) is 50.1 Å². The van der Waals surface area contributed by atoms with Crippen LogP contribution in [0.5, 0.6) is 0 Å². The first-order valence-electron chi connectivity index (χ1n) is 22.5. The molecule has 0 aliphatic heterocycles. The Kier molecular flexibility index (Phi) is 9.21. The van der Waals surface area contributed by atoms with Crippen LogP contribution in [0.2, 0.25) is 0 Å². The van der Waals surface area contributed by atoms with Gasteiger partial charge in [-0.3, -0.25) is 0 Å². The quantitative estimate of drug-likeness (QED) is 0.152. The number of para-hydroxylation sites is 1. The zero-order chi connectivity index (χ0) is 43.5. The van der Waals surface area contributed by atoms with Gasteiger partial charge in [-0.25, -0.2) is 0 Å². The molecule has 0 spiro atoms. The van der Waals surface area contributed by atoms with Crippen LogP contribution in [0.4, 0.5) is 17.1 Å². The molecule has 2 nitrogen and oxygen atoms in total. The third-order valence-corrected chi connectivity index (χ3v) is 13.5. The molecule has 12 rings (SSSR count). The van der Waals surface area contributed by atoms with E-state index in [1.54, 1.807) is 0 Å². The first kappa shape index (κ1) is 38.5. The molecule has 0 saturated carbocycles. The second-order valence-corrected chi connectivity index (χ2v) is 17.7. The SMILES string of the molecule is CC1(C)c2ccc(-c3cccc(N(c4ccc(-c5ccc6oc7ccccc7c6c5)cc4)c4cccc(-c5ccccc5)c4)c3)cc2-c2c(-c3ccccc3)cc(-c3ccccc3)cc21. The third kappa shape index (κ3) is 6.74. The Labute approximate surface area is 380 Å². The van der Waals surface area contributed by atoms with Gasteiger partial charge in [0, 0.05) is 33.2 Å². The smallest absolute Gasteiger partial charge is 0.135 e. The van der Waals surface area contributed by atoms with E-state index in [1.807, 2.05) is 12.1 Å². The molecule has 0 unspecified atom stereocenters. The maximum absolute atomic E-state index is 6.16. The summed E-state index contributed by atoms with van der Waals surface area (Å²) in [5, 5.41) is 2.26. The number of anilines is 3. The van der Waals surface area contributed by atoms with Crippen LogP contribution in [0, 0.1) is 0 Å². The molecule has 308 valence electrons. The van der Waals surface area contributed by atoms with Crippen molar-refractivity contribution >= 4 is 39.0 Å². The fraction of sp³-hybridized carbons (Fsp3) is 0.0476. The standard InChI is InChI=1S/C63H45NO/c1-63(2)58-34-30-49(39-57(58)62-55(45-20-10-5-11-21-45)40-50(41-59(62)63)43-18-8-4-9-19-43)47-23-15-25-53(37-47)64(52-24-14-22-46(36-52)42-16-6-3-7-17-42)51-32-28-44(29-33-51)48-31-35-61-56(38-48)54-26-12-13-27-60(54)65-61/h3-41H,1-2H3. The number of rotatable bonds is 8. The van der Waals surface area contributed by atoms with Gasteiger partial charge in [0.2, 0.25) is 0 Å². The van der Waals surface area contributed by atoms with Crippen LogP contribution in [0.3, 0.4) is 0 Å². The first-order chi connectivity index (χ1) is 32.0. The number of fused-ring (bicyclic) bond motifs is 6.